The minimum Gasteiger partial charge on any atom is -0.368 e. The number of nitrogens with zero attached hydrogens (tertiary/aromatic N) is 2. The van der Waals surface area contributed by atoms with Crippen LogP contribution < -0.4 is 4.90 Å². The number of hydrogen-bond acceptors (Lipinski definition) is 5. The molecule has 5 nitrogen and oxygen atoms in total. The second-order valence-corrected chi connectivity index (χ2v) is 9.29. The third-order valence-corrected chi connectivity index (χ3v) is 6.76. The first kappa shape index (κ1) is 20.9. The van der Waals surface area contributed by atoms with E-state index in [4.69, 9.17) is 4.74 Å². The molecule has 4 rings (SSSR count). The van der Waals surface area contributed by atoms with Gasteiger partial charge in [-0.3, -0.25) is 14.5 Å². The van der Waals surface area contributed by atoms with Gasteiger partial charge in [0.05, 0.1) is 38.5 Å². The van der Waals surface area contributed by atoms with Crippen molar-refractivity contribution in [1.29, 1.82) is 0 Å². The van der Waals surface area contributed by atoms with E-state index in [9.17, 15) is 9.59 Å². The minimum absolute atomic E-state index is 0.148. The Labute approximate surface area is 171 Å². The number of benzene rings is 1. The number of ether oxygens (including phenoxy) is 1. The van der Waals surface area contributed by atoms with Crippen molar-refractivity contribution in [1.82, 2.24) is 4.98 Å². The Morgan fingerprint density at radius 3 is 2.50 bits per heavy atom. The van der Waals surface area contributed by atoms with Crippen molar-refractivity contribution < 1.29 is 14.3 Å². The first-order valence-corrected chi connectivity index (χ1v) is 10.9. The van der Waals surface area contributed by atoms with E-state index in [-0.39, 0.29) is 23.3 Å². The summed E-state index contributed by atoms with van der Waals surface area (Å²) in [6.45, 7) is 11.7. The molecule has 2 aromatic rings. The van der Waals surface area contributed by atoms with E-state index < -0.39 is 5.60 Å². The lowest BCUT2D eigenvalue weighted by atomic mass is 9.74. The molecule has 2 saturated heterocycles. The number of thiazole rings is 1. The molecule has 1 aromatic heterocycles. The molecule has 2 aliphatic heterocycles. The molecule has 0 N–H and O–H groups in total. The SMILES string of the molecule is CC(=O)N(C(=O)C1CC2(C)CCC1(C)O2)c1ccc2ncsc2c1C.CCC. The zero-order valence-electron chi connectivity index (χ0n) is 17.7. The molecule has 3 unspecified atom stereocenters. The van der Waals surface area contributed by atoms with Gasteiger partial charge in [0.25, 0.3) is 0 Å². The molecule has 0 spiro atoms. The lowest BCUT2D eigenvalue weighted by Crippen LogP contribution is -2.47. The number of aromatic nitrogens is 1. The Kier molecular flexibility index (Phi) is 5.65. The maximum atomic E-state index is 13.4. The molecule has 28 heavy (non-hydrogen) atoms. The van der Waals surface area contributed by atoms with Gasteiger partial charge >= 0.3 is 0 Å². The number of aryl methyl sites for hydroxylation is 1. The van der Waals surface area contributed by atoms with Gasteiger partial charge in [-0.1, -0.05) is 20.3 Å². The van der Waals surface area contributed by atoms with Gasteiger partial charge in [-0.25, -0.2) is 4.98 Å². The van der Waals surface area contributed by atoms with Gasteiger partial charge in [-0.2, -0.15) is 0 Å². The predicted molar refractivity (Wildman–Crippen MR) is 114 cm³/mol. The quantitative estimate of drug-likeness (QED) is 0.688. The number of hydrogen-bond donors (Lipinski definition) is 0. The lowest BCUT2D eigenvalue weighted by molar-refractivity contribution is -0.131. The normalized spacial score (nSPS) is 28.1. The molecule has 0 aliphatic carbocycles. The predicted octanol–water partition coefficient (Wildman–Crippen LogP) is 5.25. The van der Waals surface area contributed by atoms with Crippen LogP contribution in [0.1, 0.15) is 65.9 Å². The summed E-state index contributed by atoms with van der Waals surface area (Å²) in [5, 5.41) is 0. The number of rotatable bonds is 2. The lowest BCUT2D eigenvalue weighted by Gasteiger charge is -2.32. The highest BCUT2D eigenvalue weighted by molar-refractivity contribution is 7.17. The average molecular weight is 403 g/mol. The molecule has 2 bridgehead atoms. The molecule has 3 heterocycles. The van der Waals surface area contributed by atoms with E-state index in [1.165, 1.54) is 29.6 Å². The van der Waals surface area contributed by atoms with Gasteiger partial charge < -0.3 is 4.74 Å². The summed E-state index contributed by atoms with van der Waals surface area (Å²) < 4.78 is 7.18. The number of carbonyl (C=O) groups is 2. The topological polar surface area (TPSA) is 59.5 Å². The number of anilines is 1. The molecule has 0 radical (unpaired) electrons. The number of imide groups is 1. The zero-order chi connectivity index (χ0) is 20.7. The van der Waals surface area contributed by atoms with E-state index in [1.54, 1.807) is 5.51 Å². The van der Waals surface area contributed by atoms with E-state index in [1.807, 2.05) is 26.0 Å². The second kappa shape index (κ2) is 7.56. The summed E-state index contributed by atoms with van der Waals surface area (Å²) in [5.74, 6) is -0.689. The van der Waals surface area contributed by atoms with Crippen LogP contribution in [0.4, 0.5) is 5.69 Å². The van der Waals surface area contributed by atoms with Crippen molar-refractivity contribution >= 4 is 39.1 Å². The van der Waals surface area contributed by atoms with E-state index in [2.05, 4.69) is 25.8 Å². The first-order chi connectivity index (χ1) is 13.2. The van der Waals surface area contributed by atoms with Gasteiger partial charge in [0.2, 0.25) is 11.8 Å². The maximum Gasteiger partial charge on any atom is 0.239 e. The molecule has 2 amide bonds. The highest BCUT2D eigenvalue weighted by Crippen LogP contribution is 2.54. The van der Waals surface area contributed by atoms with Crippen LogP contribution in [0.15, 0.2) is 17.6 Å². The highest BCUT2D eigenvalue weighted by atomic mass is 32.1. The van der Waals surface area contributed by atoms with Crippen LogP contribution in [0.3, 0.4) is 0 Å². The monoisotopic (exact) mass is 402 g/mol. The molecule has 2 aliphatic rings. The average Bonchev–Trinajstić information content (AvgIpc) is 3.28. The molecular weight excluding hydrogens is 372 g/mol. The van der Waals surface area contributed by atoms with Crippen molar-refractivity contribution in [3.05, 3.63) is 23.2 Å². The van der Waals surface area contributed by atoms with Gasteiger partial charge in [0.1, 0.15) is 0 Å². The fourth-order valence-corrected chi connectivity index (χ4v) is 5.25. The molecule has 152 valence electrons. The Morgan fingerprint density at radius 1 is 1.29 bits per heavy atom. The zero-order valence-corrected chi connectivity index (χ0v) is 18.5. The smallest absolute Gasteiger partial charge is 0.239 e. The fraction of sp³-hybridized carbons (Fsp3) is 0.591. The molecule has 0 saturated carbocycles. The van der Waals surface area contributed by atoms with E-state index in [0.717, 1.165) is 28.6 Å². The summed E-state index contributed by atoms with van der Waals surface area (Å²) in [4.78, 5) is 31.4. The number of amides is 2. The van der Waals surface area contributed by atoms with E-state index in [0.29, 0.717) is 12.1 Å². The van der Waals surface area contributed by atoms with Crippen LogP contribution in [0.25, 0.3) is 10.2 Å². The van der Waals surface area contributed by atoms with Crippen LogP contribution in [0.5, 0.6) is 0 Å². The summed E-state index contributed by atoms with van der Waals surface area (Å²) in [6, 6.07) is 3.70. The molecule has 6 heteroatoms. The largest absolute Gasteiger partial charge is 0.368 e. The fourth-order valence-electron chi connectivity index (χ4n) is 4.46. The maximum absolute atomic E-state index is 13.4. The van der Waals surface area contributed by atoms with Crippen LogP contribution in [-0.2, 0) is 14.3 Å². The summed E-state index contributed by atoms with van der Waals surface area (Å²) in [5.41, 5.74) is 3.54. The Hall–Kier alpha value is -1.79. The van der Waals surface area contributed by atoms with Gasteiger partial charge in [-0.15, -0.1) is 11.3 Å². The van der Waals surface area contributed by atoms with Crippen molar-refractivity contribution in [2.45, 2.75) is 78.4 Å². The van der Waals surface area contributed by atoms with Gasteiger partial charge in [0, 0.05) is 6.92 Å². The van der Waals surface area contributed by atoms with Crippen LogP contribution in [0, 0.1) is 12.8 Å². The van der Waals surface area contributed by atoms with Crippen LogP contribution >= 0.6 is 11.3 Å². The molecule has 1 aromatic carbocycles. The standard InChI is InChI=1S/C19H22N2O3S.C3H8/c1-11-15(6-5-14-16(11)25-10-20-14)21(12(2)22)17(23)13-9-18(3)7-8-19(13,4)24-18;1-3-2/h5-6,10,13H,7-9H2,1-4H3;3H2,1-2H3. The molecule has 2 fully saturated rings. The van der Waals surface area contributed by atoms with Gasteiger partial charge in [-0.05, 0) is 57.7 Å². The minimum atomic E-state index is -0.470. The van der Waals surface area contributed by atoms with Crippen molar-refractivity contribution in [2.75, 3.05) is 4.90 Å². The first-order valence-electron chi connectivity index (χ1n) is 10.0. The Balaban J connectivity index is 0.000000706. The number of fused-ring (bicyclic) bond motifs is 3. The third-order valence-electron chi connectivity index (χ3n) is 5.80. The highest BCUT2D eigenvalue weighted by Gasteiger charge is 2.60. The molecule has 3 atom stereocenters. The third kappa shape index (κ3) is 3.48. The van der Waals surface area contributed by atoms with Gasteiger partial charge in [0.15, 0.2) is 0 Å². The summed E-state index contributed by atoms with van der Waals surface area (Å²) in [7, 11) is 0. The molecular formula is C22H30N2O3S. The second-order valence-electron chi connectivity index (χ2n) is 8.43. The van der Waals surface area contributed by atoms with Crippen LogP contribution in [-0.4, -0.2) is 28.0 Å². The van der Waals surface area contributed by atoms with E-state index >= 15 is 0 Å². The Morgan fingerprint density at radius 2 is 1.96 bits per heavy atom. The van der Waals surface area contributed by atoms with Crippen molar-refractivity contribution in [3.63, 3.8) is 0 Å². The van der Waals surface area contributed by atoms with Crippen LogP contribution in [0.2, 0.25) is 0 Å². The van der Waals surface area contributed by atoms with Crippen molar-refractivity contribution in [3.8, 4) is 0 Å². The van der Waals surface area contributed by atoms with Crippen molar-refractivity contribution in [2.24, 2.45) is 5.92 Å². The Bertz CT molecular complexity index is 908. The number of carbonyl (C=O) groups excluding carboxylic acids is 2. The summed E-state index contributed by atoms with van der Waals surface area (Å²) in [6.07, 6.45) is 3.76. The summed E-state index contributed by atoms with van der Waals surface area (Å²) >= 11 is 1.53.